The molecule has 0 saturated carbocycles. The molecular formula is C16H20BrN3. The van der Waals surface area contributed by atoms with Crippen molar-refractivity contribution >= 4 is 21.7 Å². The average molecular weight is 334 g/mol. The molecule has 2 rings (SSSR count). The first-order valence-electron chi connectivity index (χ1n) is 6.73. The van der Waals surface area contributed by atoms with E-state index in [0.29, 0.717) is 0 Å². The predicted molar refractivity (Wildman–Crippen MR) is 86.9 cm³/mol. The lowest BCUT2D eigenvalue weighted by Crippen LogP contribution is -2.18. The van der Waals surface area contributed by atoms with Crippen LogP contribution >= 0.6 is 15.9 Å². The van der Waals surface area contributed by atoms with E-state index in [2.05, 4.69) is 71.0 Å². The molecule has 0 saturated heterocycles. The molecule has 0 aliphatic carbocycles. The van der Waals surface area contributed by atoms with E-state index in [1.165, 1.54) is 5.56 Å². The number of aromatic nitrogens is 2. The highest BCUT2D eigenvalue weighted by atomic mass is 79.9. The summed E-state index contributed by atoms with van der Waals surface area (Å²) in [5.41, 5.74) is 1.16. The SMILES string of the molecule is CC(Nc1cc(Br)nc(C(C)(C)C)n1)c1ccccc1. The number of hydrogen-bond donors (Lipinski definition) is 1. The van der Waals surface area contributed by atoms with Crippen LogP contribution in [0.4, 0.5) is 5.82 Å². The molecule has 1 aromatic carbocycles. The monoisotopic (exact) mass is 333 g/mol. The molecule has 4 heteroatoms. The lowest BCUT2D eigenvalue weighted by atomic mass is 9.96. The zero-order valence-electron chi connectivity index (χ0n) is 12.3. The Labute approximate surface area is 129 Å². The topological polar surface area (TPSA) is 37.8 Å². The maximum Gasteiger partial charge on any atom is 0.137 e. The van der Waals surface area contributed by atoms with Crippen molar-refractivity contribution in [2.75, 3.05) is 5.32 Å². The Kier molecular flexibility index (Phi) is 4.43. The number of halogens is 1. The number of rotatable bonds is 3. The summed E-state index contributed by atoms with van der Waals surface area (Å²) in [5, 5.41) is 3.43. The molecule has 1 unspecified atom stereocenters. The van der Waals surface area contributed by atoms with Crippen molar-refractivity contribution < 1.29 is 0 Å². The quantitative estimate of drug-likeness (QED) is 0.826. The predicted octanol–water partition coefficient (Wildman–Crippen LogP) is 4.71. The van der Waals surface area contributed by atoms with E-state index in [-0.39, 0.29) is 11.5 Å². The molecule has 106 valence electrons. The Balaban J connectivity index is 2.24. The number of nitrogens with one attached hydrogen (secondary N) is 1. The van der Waals surface area contributed by atoms with Gasteiger partial charge in [-0.05, 0) is 28.4 Å². The Morgan fingerprint density at radius 3 is 2.35 bits per heavy atom. The van der Waals surface area contributed by atoms with Crippen LogP contribution in [0, 0.1) is 0 Å². The molecule has 1 aromatic heterocycles. The Bertz CT molecular complexity index is 576. The van der Waals surface area contributed by atoms with Crippen molar-refractivity contribution in [3.8, 4) is 0 Å². The number of anilines is 1. The Hall–Kier alpha value is -1.42. The third-order valence-electron chi connectivity index (χ3n) is 3.03. The van der Waals surface area contributed by atoms with Gasteiger partial charge in [0.05, 0.1) is 0 Å². The normalized spacial score (nSPS) is 13.1. The van der Waals surface area contributed by atoms with Crippen LogP contribution < -0.4 is 5.32 Å². The van der Waals surface area contributed by atoms with Gasteiger partial charge in [0, 0.05) is 17.5 Å². The zero-order valence-corrected chi connectivity index (χ0v) is 13.9. The molecule has 3 nitrogen and oxygen atoms in total. The second-order valence-corrected chi connectivity index (χ2v) is 6.74. The van der Waals surface area contributed by atoms with Crippen molar-refractivity contribution in [1.29, 1.82) is 0 Å². The standard InChI is InChI=1S/C16H20BrN3/c1-11(12-8-6-5-7-9-12)18-14-10-13(17)19-15(20-14)16(2,3)4/h5-11H,1-4H3,(H,18,19,20). The molecule has 0 spiro atoms. The Morgan fingerprint density at radius 1 is 1.10 bits per heavy atom. The van der Waals surface area contributed by atoms with E-state index >= 15 is 0 Å². The molecular weight excluding hydrogens is 314 g/mol. The van der Waals surface area contributed by atoms with Gasteiger partial charge in [-0.2, -0.15) is 0 Å². The van der Waals surface area contributed by atoms with Crippen LogP contribution in [0.2, 0.25) is 0 Å². The summed E-state index contributed by atoms with van der Waals surface area (Å²) in [7, 11) is 0. The van der Waals surface area contributed by atoms with Crippen LogP contribution in [0.3, 0.4) is 0 Å². The summed E-state index contributed by atoms with van der Waals surface area (Å²) >= 11 is 3.46. The molecule has 0 bridgehead atoms. The maximum atomic E-state index is 4.62. The molecule has 1 atom stereocenters. The Morgan fingerprint density at radius 2 is 1.75 bits per heavy atom. The third-order valence-corrected chi connectivity index (χ3v) is 3.44. The van der Waals surface area contributed by atoms with Crippen LogP contribution in [0.5, 0.6) is 0 Å². The fourth-order valence-electron chi connectivity index (χ4n) is 1.87. The third kappa shape index (κ3) is 3.79. The molecule has 0 amide bonds. The first-order chi connectivity index (χ1) is 9.36. The summed E-state index contributed by atoms with van der Waals surface area (Å²) in [6.45, 7) is 8.46. The second kappa shape index (κ2) is 5.92. The lowest BCUT2D eigenvalue weighted by Gasteiger charge is -2.20. The van der Waals surface area contributed by atoms with Crippen LogP contribution in [0.15, 0.2) is 41.0 Å². The average Bonchev–Trinajstić information content (AvgIpc) is 2.38. The van der Waals surface area contributed by atoms with Crippen molar-refractivity contribution in [1.82, 2.24) is 9.97 Å². The van der Waals surface area contributed by atoms with Gasteiger partial charge in [0.25, 0.3) is 0 Å². The van der Waals surface area contributed by atoms with E-state index in [1.54, 1.807) is 0 Å². The minimum atomic E-state index is -0.0732. The van der Waals surface area contributed by atoms with E-state index in [9.17, 15) is 0 Å². The largest absolute Gasteiger partial charge is 0.363 e. The highest BCUT2D eigenvalue weighted by molar-refractivity contribution is 9.10. The van der Waals surface area contributed by atoms with Crippen LogP contribution in [-0.4, -0.2) is 9.97 Å². The highest BCUT2D eigenvalue weighted by Crippen LogP contribution is 2.24. The van der Waals surface area contributed by atoms with Gasteiger partial charge in [-0.25, -0.2) is 9.97 Å². The van der Waals surface area contributed by atoms with Gasteiger partial charge < -0.3 is 5.32 Å². The summed E-state index contributed by atoms with van der Waals surface area (Å²) in [6.07, 6.45) is 0. The van der Waals surface area contributed by atoms with E-state index in [0.717, 1.165) is 16.2 Å². The molecule has 0 fully saturated rings. The van der Waals surface area contributed by atoms with E-state index < -0.39 is 0 Å². The second-order valence-electron chi connectivity index (χ2n) is 5.93. The summed E-state index contributed by atoms with van der Waals surface area (Å²) in [5.74, 6) is 1.67. The highest BCUT2D eigenvalue weighted by Gasteiger charge is 2.19. The number of nitrogens with zero attached hydrogens (tertiary/aromatic N) is 2. The van der Waals surface area contributed by atoms with Gasteiger partial charge >= 0.3 is 0 Å². The minimum Gasteiger partial charge on any atom is -0.363 e. The smallest absolute Gasteiger partial charge is 0.137 e. The van der Waals surface area contributed by atoms with Crippen LogP contribution in [0.1, 0.15) is 45.1 Å². The molecule has 20 heavy (non-hydrogen) atoms. The summed E-state index contributed by atoms with van der Waals surface area (Å²) < 4.78 is 0.806. The fourth-order valence-corrected chi connectivity index (χ4v) is 2.26. The number of benzene rings is 1. The van der Waals surface area contributed by atoms with Crippen molar-refractivity contribution in [2.24, 2.45) is 0 Å². The molecule has 1 heterocycles. The molecule has 0 aliphatic rings. The molecule has 0 radical (unpaired) electrons. The van der Waals surface area contributed by atoms with Gasteiger partial charge in [0.2, 0.25) is 0 Å². The fraction of sp³-hybridized carbons (Fsp3) is 0.375. The van der Waals surface area contributed by atoms with Gasteiger partial charge in [0.1, 0.15) is 16.2 Å². The van der Waals surface area contributed by atoms with Gasteiger partial charge in [0.15, 0.2) is 0 Å². The molecule has 0 aliphatic heterocycles. The summed E-state index contributed by atoms with van der Waals surface area (Å²) in [4.78, 5) is 9.07. The van der Waals surface area contributed by atoms with Crippen molar-refractivity contribution in [2.45, 2.75) is 39.2 Å². The van der Waals surface area contributed by atoms with E-state index in [1.807, 2.05) is 24.3 Å². The maximum absolute atomic E-state index is 4.62. The molecule has 1 N–H and O–H groups in total. The van der Waals surface area contributed by atoms with Crippen molar-refractivity contribution in [3.63, 3.8) is 0 Å². The van der Waals surface area contributed by atoms with Gasteiger partial charge in [-0.15, -0.1) is 0 Å². The number of hydrogen-bond acceptors (Lipinski definition) is 3. The first kappa shape index (κ1) is 15.0. The van der Waals surface area contributed by atoms with Crippen LogP contribution in [0.25, 0.3) is 0 Å². The van der Waals surface area contributed by atoms with E-state index in [4.69, 9.17) is 0 Å². The first-order valence-corrected chi connectivity index (χ1v) is 7.52. The lowest BCUT2D eigenvalue weighted by molar-refractivity contribution is 0.544. The minimum absolute atomic E-state index is 0.0732. The molecule has 2 aromatic rings. The van der Waals surface area contributed by atoms with Crippen LogP contribution in [-0.2, 0) is 5.41 Å². The summed E-state index contributed by atoms with van der Waals surface area (Å²) in [6, 6.07) is 12.4. The zero-order chi connectivity index (χ0) is 14.8. The van der Waals surface area contributed by atoms with Gasteiger partial charge in [-0.3, -0.25) is 0 Å². The van der Waals surface area contributed by atoms with Crippen molar-refractivity contribution in [3.05, 3.63) is 52.4 Å². The van der Waals surface area contributed by atoms with Gasteiger partial charge in [-0.1, -0.05) is 51.1 Å².